The molecule has 3 heteroatoms. The van der Waals surface area contributed by atoms with E-state index in [1.54, 1.807) is 0 Å². The number of likely N-dealkylation sites (tertiary alicyclic amines) is 1. The number of aromatic nitrogens is 1. The van der Waals surface area contributed by atoms with E-state index in [1.807, 2.05) is 30.3 Å². The molecule has 0 radical (unpaired) electrons. The van der Waals surface area contributed by atoms with E-state index in [0.29, 0.717) is 6.04 Å². The summed E-state index contributed by atoms with van der Waals surface area (Å²) in [5.41, 5.74) is 1.79. The number of para-hydroxylation sites is 1. The minimum atomic E-state index is 0.179. The van der Waals surface area contributed by atoms with Crippen LogP contribution in [-0.2, 0) is 0 Å². The number of nitrogens with one attached hydrogen (secondary N) is 1. The molecule has 1 aliphatic heterocycles. The minimum absolute atomic E-state index is 0.179. The summed E-state index contributed by atoms with van der Waals surface area (Å²) in [6.45, 7) is 0.957. The van der Waals surface area contributed by atoms with Crippen LogP contribution < -0.4 is 0 Å². The van der Waals surface area contributed by atoms with Gasteiger partial charge in [-0.15, -0.1) is 0 Å². The van der Waals surface area contributed by atoms with Crippen molar-refractivity contribution in [3.05, 3.63) is 36.0 Å². The van der Waals surface area contributed by atoms with Gasteiger partial charge in [-0.3, -0.25) is 4.79 Å². The topological polar surface area (TPSA) is 36.1 Å². The van der Waals surface area contributed by atoms with Crippen molar-refractivity contribution in [2.45, 2.75) is 25.3 Å². The third kappa shape index (κ3) is 1.40. The summed E-state index contributed by atoms with van der Waals surface area (Å²) >= 11 is 0. The molecule has 2 fully saturated rings. The number of hydrogen-bond acceptors (Lipinski definition) is 1. The fourth-order valence-corrected chi connectivity index (χ4v) is 3.52. The van der Waals surface area contributed by atoms with Crippen LogP contribution in [0.5, 0.6) is 0 Å². The smallest absolute Gasteiger partial charge is 0.270 e. The number of carbonyl (C=O) groups excluding carboxylic acids is 1. The van der Waals surface area contributed by atoms with E-state index >= 15 is 0 Å². The molecule has 2 atom stereocenters. The van der Waals surface area contributed by atoms with Gasteiger partial charge in [-0.25, -0.2) is 0 Å². The molecule has 1 aliphatic carbocycles. The van der Waals surface area contributed by atoms with Crippen molar-refractivity contribution in [3.8, 4) is 0 Å². The highest BCUT2D eigenvalue weighted by molar-refractivity contribution is 5.98. The zero-order valence-electron chi connectivity index (χ0n) is 10.2. The van der Waals surface area contributed by atoms with Gasteiger partial charge in [0.25, 0.3) is 5.91 Å². The molecule has 3 nitrogen and oxygen atoms in total. The molecule has 2 aliphatic rings. The lowest BCUT2D eigenvalue weighted by molar-refractivity contribution is 0.0698. The standard InChI is InChI=1S/C15H16N2O/c18-15(17-9-10-5-6-12(17)7-10)14-8-11-3-1-2-4-13(11)16-14/h1-4,8,10,12,16H,5-7,9H2. The molecule has 1 N–H and O–H groups in total. The summed E-state index contributed by atoms with van der Waals surface area (Å²) in [5, 5.41) is 1.12. The predicted octanol–water partition coefficient (Wildman–Crippen LogP) is 2.79. The van der Waals surface area contributed by atoms with Crippen LogP contribution in [0, 0.1) is 5.92 Å². The Morgan fingerprint density at radius 2 is 2.17 bits per heavy atom. The summed E-state index contributed by atoms with van der Waals surface area (Å²) in [4.78, 5) is 17.8. The normalized spacial score (nSPS) is 26.1. The molecule has 92 valence electrons. The number of nitrogens with zero attached hydrogens (tertiary/aromatic N) is 1. The Kier molecular flexibility index (Phi) is 2.04. The van der Waals surface area contributed by atoms with Crippen LogP contribution in [0.15, 0.2) is 30.3 Å². The highest BCUT2D eigenvalue weighted by Crippen LogP contribution is 2.38. The number of piperidine rings is 1. The second-order valence-electron chi connectivity index (χ2n) is 5.56. The van der Waals surface area contributed by atoms with Crippen molar-refractivity contribution < 1.29 is 4.79 Å². The van der Waals surface area contributed by atoms with Crippen molar-refractivity contribution in [1.82, 2.24) is 9.88 Å². The second-order valence-corrected chi connectivity index (χ2v) is 5.56. The number of fused-ring (bicyclic) bond motifs is 3. The molecule has 2 aromatic rings. The molecule has 1 aromatic carbocycles. The lowest BCUT2D eigenvalue weighted by Crippen LogP contribution is -2.37. The zero-order valence-corrected chi connectivity index (χ0v) is 10.2. The Balaban J connectivity index is 1.68. The number of H-pyrrole nitrogens is 1. The van der Waals surface area contributed by atoms with Crippen molar-refractivity contribution in [2.75, 3.05) is 6.54 Å². The van der Waals surface area contributed by atoms with Crippen molar-refractivity contribution in [2.24, 2.45) is 5.92 Å². The van der Waals surface area contributed by atoms with Crippen LogP contribution >= 0.6 is 0 Å². The Labute approximate surface area is 106 Å². The Hall–Kier alpha value is -1.77. The average molecular weight is 240 g/mol. The summed E-state index contributed by atoms with van der Waals surface area (Å²) in [5.74, 6) is 0.932. The SMILES string of the molecule is O=C(c1cc2ccccc2[nH]1)N1CC2CCC1C2. The van der Waals surface area contributed by atoms with Gasteiger partial charge in [0.05, 0.1) is 0 Å². The molecule has 18 heavy (non-hydrogen) atoms. The van der Waals surface area contributed by atoms with Gasteiger partial charge >= 0.3 is 0 Å². The largest absolute Gasteiger partial charge is 0.351 e. The third-order valence-electron chi connectivity index (χ3n) is 4.43. The predicted molar refractivity (Wildman–Crippen MR) is 70.5 cm³/mol. The van der Waals surface area contributed by atoms with Crippen molar-refractivity contribution >= 4 is 16.8 Å². The summed E-state index contributed by atoms with van der Waals surface area (Å²) in [6, 6.07) is 10.5. The molecule has 1 saturated heterocycles. The van der Waals surface area contributed by atoms with Gasteiger partial charge < -0.3 is 9.88 Å². The van der Waals surface area contributed by atoms with E-state index in [4.69, 9.17) is 0 Å². The van der Waals surface area contributed by atoms with E-state index in [-0.39, 0.29) is 5.91 Å². The number of hydrogen-bond donors (Lipinski definition) is 1. The van der Waals surface area contributed by atoms with Crippen LogP contribution in [0.3, 0.4) is 0 Å². The third-order valence-corrected chi connectivity index (χ3v) is 4.43. The monoisotopic (exact) mass is 240 g/mol. The van der Waals surface area contributed by atoms with Gasteiger partial charge in [0, 0.05) is 23.5 Å². The van der Waals surface area contributed by atoms with Crippen LogP contribution in [0.1, 0.15) is 29.8 Å². The maximum Gasteiger partial charge on any atom is 0.270 e. The molecular formula is C15H16N2O. The minimum Gasteiger partial charge on any atom is -0.351 e. The average Bonchev–Trinajstić information content (AvgIpc) is 3.11. The van der Waals surface area contributed by atoms with Gasteiger partial charge in [-0.05, 0) is 37.3 Å². The highest BCUT2D eigenvalue weighted by atomic mass is 16.2. The molecule has 2 bridgehead atoms. The van der Waals surface area contributed by atoms with Crippen molar-refractivity contribution in [3.63, 3.8) is 0 Å². The van der Waals surface area contributed by atoms with Crippen LogP contribution in [0.2, 0.25) is 0 Å². The number of benzene rings is 1. The fraction of sp³-hybridized carbons (Fsp3) is 0.400. The first-order valence-corrected chi connectivity index (χ1v) is 6.70. The molecule has 2 heterocycles. The van der Waals surface area contributed by atoms with E-state index < -0.39 is 0 Å². The quantitative estimate of drug-likeness (QED) is 0.817. The van der Waals surface area contributed by atoms with Crippen LogP contribution in [0.4, 0.5) is 0 Å². The van der Waals surface area contributed by atoms with Gasteiger partial charge in [-0.2, -0.15) is 0 Å². The number of amides is 1. The lowest BCUT2D eigenvalue weighted by Gasteiger charge is -2.26. The second kappa shape index (κ2) is 3.61. The van der Waals surface area contributed by atoms with Crippen LogP contribution in [-0.4, -0.2) is 28.4 Å². The lowest BCUT2D eigenvalue weighted by atomic mass is 10.1. The highest BCUT2D eigenvalue weighted by Gasteiger charge is 2.40. The Bertz CT molecular complexity index is 583. The van der Waals surface area contributed by atoms with E-state index in [2.05, 4.69) is 9.88 Å². The first-order valence-electron chi connectivity index (χ1n) is 6.70. The number of rotatable bonds is 1. The molecule has 1 saturated carbocycles. The van der Waals surface area contributed by atoms with Gasteiger partial charge in [0.15, 0.2) is 0 Å². The maximum absolute atomic E-state index is 12.5. The molecular weight excluding hydrogens is 224 g/mol. The molecule has 0 spiro atoms. The van der Waals surface area contributed by atoms with E-state index in [1.165, 1.54) is 19.3 Å². The van der Waals surface area contributed by atoms with E-state index in [0.717, 1.165) is 29.1 Å². The fourth-order valence-electron chi connectivity index (χ4n) is 3.52. The molecule has 1 aromatic heterocycles. The Morgan fingerprint density at radius 1 is 1.28 bits per heavy atom. The summed E-state index contributed by atoms with van der Waals surface area (Å²) in [7, 11) is 0. The van der Waals surface area contributed by atoms with Gasteiger partial charge in [-0.1, -0.05) is 18.2 Å². The van der Waals surface area contributed by atoms with Gasteiger partial charge in [0.2, 0.25) is 0 Å². The number of carbonyl (C=O) groups is 1. The van der Waals surface area contributed by atoms with Gasteiger partial charge in [0.1, 0.15) is 5.69 Å². The molecule has 2 unspecified atom stereocenters. The Morgan fingerprint density at radius 3 is 2.89 bits per heavy atom. The summed E-state index contributed by atoms with van der Waals surface area (Å²) < 4.78 is 0. The summed E-state index contributed by atoms with van der Waals surface area (Å²) in [6.07, 6.45) is 3.71. The maximum atomic E-state index is 12.5. The van der Waals surface area contributed by atoms with E-state index in [9.17, 15) is 4.79 Å². The number of aromatic amines is 1. The first kappa shape index (κ1) is 10.2. The molecule has 4 rings (SSSR count). The van der Waals surface area contributed by atoms with Crippen LogP contribution in [0.25, 0.3) is 10.9 Å². The first-order chi connectivity index (χ1) is 8.81. The molecule has 1 amide bonds. The zero-order chi connectivity index (χ0) is 12.1. The van der Waals surface area contributed by atoms with Crippen molar-refractivity contribution in [1.29, 1.82) is 0 Å².